The van der Waals surface area contributed by atoms with Crippen LogP contribution in [0.5, 0.6) is 5.75 Å². The molecular weight excluding hydrogens is 710 g/mol. The van der Waals surface area contributed by atoms with Crippen LogP contribution in [-0.2, 0) is 19.6 Å². The molecule has 14 nitrogen and oxygen atoms in total. The number of anilines is 2. The Hall–Kier alpha value is -3.81. The van der Waals surface area contributed by atoms with Crippen molar-refractivity contribution in [3.05, 3.63) is 35.2 Å². The molecule has 2 amide bonds. The van der Waals surface area contributed by atoms with Crippen LogP contribution in [0.15, 0.2) is 24.5 Å². The third-order valence-electron chi connectivity index (χ3n) is 9.17. The van der Waals surface area contributed by atoms with Crippen LogP contribution in [-0.4, -0.2) is 113 Å². The van der Waals surface area contributed by atoms with Gasteiger partial charge in [-0.15, -0.1) is 0 Å². The molecule has 6 rings (SSSR count). The van der Waals surface area contributed by atoms with Gasteiger partial charge in [0.25, 0.3) is 12.3 Å². The first-order valence-corrected chi connectivity index (χ1v) is 18.2. The molecule has 3 fully saturated rings. The summed E-state index contributed by atoms with van der Waals surface area (Å²) in [6, 6.07) is 1.96. The molecule has 0 aliphatic carbocycles. The molecule has 1 unspecified atom stereocenters. The van der Waals surface area contributed by atoms with Crippen LogP contribution >= 0.6 is 11.6 Å². The van der Waals surface area contributed by atoms with E-state index in [-0.39, 0.29) is 52.6 Å². The average Bonchev–Trinajstić information content (AvgIpc) is 3.40. The molecule has 1 atom stereocenters. The van der Waals surface area contributed by atoms with E-state index in [4.69, 9.17) is 11.6 Å². The summed E-state index contributed by atoms with van der Waals surface area (Å²) in [7, 11) is -3.50. The number of benzene rings is 1. The zero-order chi connectivity index (χ0) is 35.6. The lowest BCUT2D eigenvalue weighted by molar-refractivity contribution is -0.135. The summed E-state index contributed by atoms with van der Waals surface area (Å²) in [4.78, 5) is 36.0. The van der Waals surface area contributed by atoms with Crippen molar-refractivity contribution < 1.29 is 40.3 Å². The second-order valence-corrected chi connectivity index (χ2v) is 14.8. The number of piperidine rings is 2. The Morgan fingerprint density at radius 3 is 2.34 bits per heavy atom. The normalized spacial score (nSPS) is 20.2. The van der Waals surface area contributed by atoms with Crippen molar-refractivity contribution in [3.8, 4) is 5.75 Å². The monoisotopic (exact) mass is 745 g/mol. The van der Waals surface area contributed by atoms with Gasteiger partial charge in [0.2, 0.25) is 21.9 Å². The molecule has 0 radical (unpaired) electrons. The van der Waals surface area contributed by atoms with E-state index in [1.807, 2.05) is 4.90 Å². The molecule has 0 saturated carbocycles. The van der Waals surface area contributed by atoms with Crippen LogP contribution < -0.4 is 20.3 Å². The standard InChI is InChI=1S/C30H36ClF4N9O5S/c31-26-20-14-23(21(27(32)33)15-24(20)44(40-26)22-2-3-25(45)39-28(22)46)42-11-9-41(10-12-42)6-1-13-50(47,48)43-7-4-18(5-8-43)38-30-36-16-19(17-37-30)49-29(34)35/h14-18,22,27,29H,1-13H2,(H,36,37,38)(H,39,45,46). The molecule has 3 saturated heterocycles. The molecule has 0 spiro atoms. The lowest BCUT2D eigenvalue weighted by atomic mass is 10.0. The number of imide groups is 1. The van der Waals surface area contributed by atoms with Gasteiger partial charge in [0, 0.05) is 68.4 Å². The third-order valence-corrected chi connectivity index (χ3v) is 11.4. The van der Waals surface area contributed by atoms with Crippen LogP contribution in [0, 0.1) is 0 Å². The smallest absolute Gasteiger partial charge is 0.387 e. The van der Waals surface area contributed by atoms with E-state index in [1.54, 1.807) is 6.07 Å². The minimum Gasteiger partial charge on any atom is -0.432 e. The highest BCUT2D eigenvalue weighted by molar-refractivity contribution is 7.89. The summed E-state index contributed by atoms with van der Waals surface area (Å²) >= 11 is 6.42. The van der Waals surface area contributed by atoms with E-state index in [2.05, 4.69) is 35.3 Å². The number of hydrogen-bond donors (Lipinski definition) is 2. The highest BCUT2D eigenvalue weighted by Gasteiger charge is 2.33. The number of carbonyl (C=O) groups is 2. The average molecular weight is 746 g/mol. The van der Waals surface area contributed by atoms with E-state index in [0.29, 0.717) is 76.1 Å². The van der Waals surface area contributed by atoms with Crippen LogP contribution in [0.1, 0.15) is 50.1 Å². The highest BCUT2D eigenvalue weighted by Crippen LogP contribution is 2.38. The Morgan fingerprint density at radius 1 is 1.00 bits per heavy atom. The summed E-state index contributed by atoms with van der Waals surface area (Å²) in [6.45, 7) is 0.137. The molecule has 5 heterocycles. The maximum atomic E-state index is 14.4. The summed E-state index contributed by atoms with van der Waals surface area (Å²) < 4.78 is 86.6. The van der Waals surface area contributed by atoms with Gasteiger partial charge >= 0.3 is 6.61 Å². The number of nitrogens with one attached hydrogen (secondary N) is 2. The van der Waals surface area contributed by atoms with Crippen LogP contribution in [0.2, 0.25) is 5.15 Å². The van der Waals surface area contributed by atoms with Gasteiger partial charge in [-0.05, 0) is 44.4 Å². The summed E-state index contributed by atoms with van der Waals surface area (Å²) in [5, 5.41) is 10.1. The van der Waals surface area contributed by atoms with Gasteiger partial charge in [0.1, 0.15) is 6.04 Å². The van der Waals surface area contributed by atoms with E-state index < -0.39 is 40.9 Å². The first-order chi connectivity index (χ1) is 23.9. The van der Waals surface area contributed by atoms with Gasteiger partial charge in [0.05, 0.1) is 23.7 Å². The van der Waals surface area contributed by atoms with Crippen molar-refractivity contribution in [2.75, 3.05) is 61.8 Å². The molecule has 50 heavy (non-hydrogen) atoms. The summed E-state index contributed by atoms with van der Waals surface area (Å²) in [5.41, 5.74) is 0.389. The van der Waals surface area contributed by atoms with Crippen molar-refractivity contribution >= 4 is 56.0 Å². The number of halogens is 5. The lowest BCUT2D eigenvalue weighted by Crippen LogP contribution is -2.47. The number of nitrogens with zero attached hydrogens (tertiary/aromatic N) is 7. The van der Waals surface area contributed by atoms with E-state index in [0.717, 1.165) is 12.4 Å². The van der Waals surface area contributed by atoms with Gasteiger partial charge < -0.3 is 15.0 Å². The lowest BCUT2D eigenvalue weighted by Gasteiger charge is -2.37. The molecule has 3 aliphatic heterocycles. The minimum absolute atomic E-state index is 0.0259. The molecular formula is C30H36ClF4N9O5S. The fraction of sp³-hybridized carbons (Fsp3) is 0.567. The molecule has 0 bridgehead atoms. The number of rotatable bonds is 12. The number of hydrogen-bond acceptors (Lipinski definition) is 11. The van der Waals surface area contributed by atoms with Crippen molar-refractivity contribution in [3.63, 3.8) is 0 Å². The number of piperazine rings is 1. The third kappa shape index (κ3) is 8.21. The number of ether oxygens (including phenoxy) is 1. The van der Waals surface area contributed by atoms with Gasteiger partial charge in [-0.1, -0.05) is 11.6 Å². The van der Waals surface area contributed by atoms with Crippen LogP contribution in [0.4, 0.5) is 29.2 Å². The fourth-order valence-corrected chi connectivity index (χ4v) is 8.33. The maximum absolute atomic E-state index is 14.4. The second-order valence-electron chi connectivity index (χ2n) is 12.4. The Bertz CT molecular complexity index is 1800. The fourth-order valence-electron chi connectivity index (χ4n) is 6.58. The molecule has 3 aliphatic rings. The topological polar surface area (TPSA) is 155 Å². The first-order valence-electron chi connectivity index (χ1n) is 16.2. The van der Waals surface area contributed by atoms with E-state index in [9.17, 15) is 35.6 Å². The Balaban J connectivity index is 0.989. The Kier molecular flexibility index (Phi) is 10.9. The van der Waals surface area contributed by atoms with Crippen LogP contribution in [0.3, 0.4) is 0 Å². The van der Waals surface area contributed by atoms with E-state index in [1.165, 1.54) is 15.1 Å². The number of carbonyl (C=O) groups excluding carboxylic acids is 2. The van der Waals surface area contributed by atoms with E-state index >= 15 is 0 Å². The quantitative estimate of drug-likeness (QED) is 0.207. The zero-order valence-corrected chi connectivity index (χ0v) is 28.4. The van der Waals surface area contributed by atoms with Gasteiger partial charge in [-0.3, -0.25) is 24.5 Å². The molecule has 2 aromatic heterocycles. The summed E-state index contributed by atoms with van der Waals surface area (Å²) in [6.07, 6.45) is 1.20. The first kappa shape index (κ1) is 36.0. The van der Waals surface area contributed by atoms with Crippen LogP contribution in [0.25, 0.3) is 10.9 Å². The zero-order valence-electron chi connectivity index (χ0n) is 26.8. The number of sulfonamides is 1. The highest BCUT2D eigenvalue weighted by atomic mass is 35.5. The SMILES string of the molecule is O=C1CCC(n2nc(Cl)c3cc(N4CCN(CCCS(=O)(=O)N5CCC(Nc6ncc(OC(F)F)cn6)CC5)CC4)c(C(F)F)cc32)C(=O)N1. The molecule has 2 N–H and O–H groups in total. The van der Waals surface area contributed by atoms with Gasteiger partial charge in [-0.2, -0.15) is 13.9 Å². The largest absolute Gasteiger partial charge is 0.432 e. The molecule has 20 heteroatoms. The molecule has 272 valence electrons. The predicted molar refractivity (Wildman–Crippen MR) is 175 cm³/mol. The Labute approximate surface area is 290 Å². The van der Waals surface area contributed by atoms with Crippen molar-refractivity contribution in [1.82, 2.24) is 34.3 Å². The molecule has 1 aromatic carbocycles. The number of fused-ring (bicyclic) bond motifs is 1. The predicted octanol–water partition coefficient (Wildman–Crippen LogP) is 3.41. The second kappa shape index (κ2) is 15.2. The Morgan fingerprint density at radius 2 is 1.70 bits per heavy atom. The van der Waals surface area contributed by atoms with Gasteiger partial charge in [-0.25, -0.2) is 31.5 Å². The van der Waals surface area contributed by atoms with Crippen molar-refractivity contribution in [1.29, 1.82) is 0 Å². The number of alkyl halides is 4. The maximum Gasteiger partial charge on any atom is 0.387 e. The molecule has 3 aromatic rings. The number of aromatic nitrogens is 4. The van der Waals surface area contributed by atoms with Crippen molar-refractivity contribution in [2.45, 2.75) is 57.2 Å². The number of amides is 2. The van der Waals surface area contributed by atoms with Crippen molar-refractivity contribution in [2.24, 2.45) is 0 Å². The summed E-state index contributed by atoms with van der Waals surface area (Å²) in [5.74, 6) is -0.906. The minimum atomic E-state index is -3.50. The van der Waals surface area contributed by atoms with Gasteiger partial charge in [0.15, 0.2) is 10.9 Å².